The molecule has 0 saturated carbocycles. The average Bonchev–Trinajstić information content (AvgIpc) is 3.29. The number of urea groups is 1. The molecule has 150 valence electrons. The van der Waals surface area contributed by atoms with E-state index in [1.165, 1.54) is 0 Å². The predicted molar refractivity (Wildman–Crippen MR) is 118 cm³/mol. The van der Waals surface area contributed by atoms with Crippen molar-refractivity contribution in [1.82, 2.24) is 15.5 Å². The molecule has 4 rings (SSSR count). The lowest BCUT2D eigenvalue weighted by molar-refractivity contribution is 0.248. The number of benzene rings is 3. The quantitative estimate of drug-likeness (QED) is 0.413. The van der Waals surface area contributed by atoms with Gasteiger partial charge in [-0.3, -0.25) is 0 Å². The fourth-order valence-corrected chi connectivity index (χ4v) is 3.44. The molecule has 0 fully saturated rings. The second kappa shape index (κ2) is 9.28. The van der Waals surface area contributed by atoms with Crippen LogP contribution in [0.3, 0.4) is 0 Å². The molecule has 1 atom stereocenters. The van der Waals surface area contributed by atoms with Crippen LogP contribution < -0.4 is 10.6 Å². The highest BCUT2D eigenvalue weighted by atomic mass is 32.2. The Morgan fingerprint density at radius 3 is 2.40 bits per heavy atom. The molecule has 2 N–H and O–H groups in total. The fraction of sp³-hybridized carbons (Fsp3) is 0.0870. The van der Waals surface area contributed by atoms with Crippen LogP contribution in [0.2, 0.25) is 0 Å². The van der Waals surface area contributed by atoms with Crippen molar-refractivity contribution in [2.24, 2.45) is 0 Å². The number of thioether (sulfide) groups is 1. The molecular formula is C23H20N4O2S. The normalized spacial score (nSPS) is 11.6. The van der Waals surface area contributed by atoms with Crippen molar-refractivity contribution in [3.8, 4) is 11.5 Å². The molecule has 1 unspecified atom stereocenters. The van der Waals surface area contributed by atoms with E-state index < -0.39 is 6.04 Å². The summed E-state index contributed by atoms with van der Waals surface area (Å²) in [6.45, 7) is 0. The van der Waals surface area contributed by atoms with Gasteiger partial charge in [0.2, 0.25) is 11.8 Å². The summed E-state index contributed by atoms with van der Waals surface area (Å²) < 4.78 is 5.91. The summed E-state index contributed by atoms with van der Waals surface area (Å²) in [4.78, 5) is 13.8. The molecule has 0 saturated heterocycles. The maximum atomic E-state index is 12.7. The molecular weight excluding hydrogens is 396 g/mol. The van der Waals surface area contributed by atoms with E-state index in [2.05, 4.69) is 20.8 Å². The number of hydrogen-bond donors (Lipinski definition) is 2. The Morgan fingerprint density at radius 2 is 1.67 bits per heavy atom. The van der Waals surface area contributed by atoms with Gasteiger partial charge in [0.1, 0.15) is 6.04 Å². The van der Waals surface area contributed by atoms with E-state index >= 15 is 0 Å². The first-order valence-electron chi connectivity index (χ1n) is 9.38. The van der Waals surface area contributed by atoms with E-state index in [1.54, 1.807) is 11.8 Å². The first kappa shape index (κ1) is 19.7. The Morgan fingerprint density at radius 1 is 0.933 bits per heavy atom. The summed E-state index contributed by atoms with van der Waals surface area (Å²) >= 11 is 1.61. The van der Waals surface area contributed by atoms with Crippen LogP contribution in [0.4, 0.5) is 10.5 Å². The molecule has 0 aliphatic heterocycles. The maximum Gasteiger partial charge on any atom is 0.320 e. The molecule has 6 nitrogen and oxygen atoms in total. The number of carbonyl (C=O) groups is 1. The molecule has 0 radical (unpaired) electrons. The molecule has 0 bridgehead atoms. The lowest BCUT2D eigenvalue weighted by atomic mass is 10.1. The van der Waals surface area contributed by atoms with Crippen LogP contribution in [0, 0.1) is 0 Å². The van der Waals surface area contributed by atoms with Crippen molar-refractivity contribution in [1.29, 1.82) is 0 Å². The number of rotatable bonds is 6. The summed E-state index contributed by atoms with van der Waals surface area (Å²) in [7, 11) is 0. The Labute approximate surface area is 178 Å². The highest BCUT2D eigenvalue weighted by molar-refractivity contribution is 7.98. The number of anilines is 1. The minimum atomic E-state index is -0.583. The number of amides is 2. The summed E-state index contributed by atoms with van der Waals surface area (Å²) in [5.41, 5.74) is 2.37. The number of aromatic nitrogens is 2. The third kappa shape index (κ3) is 4.69. The molecule has 0 spiro atoms. The molecule has 1 heterocycles. The van der Waals surface area contributed by atoms with Crippen molar-refractivity contribution in [2.75, 3.05) is 11.6 Å². The third-order valence-corrected chi connectivity index (χ3v) is 5.17. The van der Waals surface area contributed by atoms with Gasteiger partial charge in [0.15, 0.2) is 0 Å². The summed E-state index contributed by atoms with van der Waals surface area (Å²) in [6.07, 6.45) is 1.99. The Kier molecular flexibility index (Phi) is 6.10. The summed E-state index contributed by atoms with van der Waals surface area (Å²) in [5.74, 6) is 0.717. The van der Waals surface area contributed by atoms with E-state index in [9.17, 15) is 4.79 Å². The number of carbonyl (C=O) groups excluding carboxylic acids is 1. The molecule has 30 heavy (non-hydrogen) atoms. The molecule has 3 aromatic carbocycles. The van der Waals surface area contributed by atoms with E-state index in [1.807, 2.05) is 91.2 Å². The van der Waals surface area contributed by atoms with Crippen LogP contribution in [-0.2, 0) is 0 Å². The van der Waals surface area contributed by atoms with Gasteiger partial charge in [0, 0.05) is 16.1 Å². The van der Waals surface area contributed by atoms with Crippen molar-refractivity contribution >= 4 is 23.5 Å². The highest BCUT2D eigenvalue weighted by Gasteiger charge is 2.23. The van der Waals surface area contributed by atoms with Crippen molar-refractivity contribution < 1.29 is 9.21 Å². The van der Waals surface area contributed by atoms with Gasteiger partial charge in [-0.25, -0.2) is 4.79 Å². The fourth-order valence-electron chi connectivity index (χ4n) is 2.98. The van der Waals surface area contributed by atoms with Crippen LogP contribution in [0.15, 0.2) is 94.2 Å². The zero-order valence-electron chi connectivity index (χ0n) is 16.3. The van der Waals surface area contributed by atoms with E-state index in [4.69, 9.17) is 4.42 Å². The first-order valence-corrected chi connectivity index (χ1v) is 10.6. The molecule has 7 heteroatoms. The summed E-state index contributed by atoms with van der Waals surface area (Å²) in [6, 6.07) is 25.8. The number of hydrogen-bond acceptors (Lipinski definition) is 5. The van der Waals surface area contributed by atoms with Gasteiger partial charge >= 0.3 is 6.03 Å². The molecule has 0 aliphatic rings. The van der Waals surface area contributed by atoms with Gasteiger partial charge in [-0.2, -0.15) is 0 Å². The predicted octanol–water partition coefficient (Wildman–Crippen LogP) is 5.37. The smallest absolute Gasteiger partial charge is 0.320 e. The van der Waals surface area contributed by atoms with Crippen molar-refractivity contribution in [2.45, 2.75) is 10.9 Å². The molecule has 1 aromatic heterocycles. The number of nitrogens with zero attached hydrogens (tertiary/aromatic N) is 2. The van der Waals surface area contributed by atoms with Gasteiger partial charge in [0.05, 0.1) is 0 Å². The average molecular weight is 417 g/mol. The minimum Gasteiger partial charge on any atom is -0.418 e. The van der Waals surface area contributed by atoms with E-state index in [-0.39, 0.29) is 6.03 Å². The van der Waals surface area contributed by atoms with Gasteiger partial charge in [0.25, 0.3) is 0 Å². The monoisotopic (exact) mass is 416 g/mol. The standard InChI is InChI=1S/C23H20N4O2S/c1-30-19-14-8-13-18(15-19)24-23(28)25-20(16-9-4-2-5-10-16)22-27-26-21(29-22)17-11-6-3-7-12-17/h2-15,20H,1H3,(H2,24,25,28). The zero-order valence-corrected chi connectivity index (χ0v) is 17.1. The SMILES string of the molecule is CSc1cccc(NC(=O)NC(c2ccccc2)c2nnc(-c3ccccc3)o2)c1. The largest absolute Gasteiger partial charge is 0.418 e. The minimum absolute atomic E-state index is 0.313. The maximum absolute atomic E-state index is 12.7. The van der Waals surface area contributed by atoms with Crippen molar-refractivity contribution in [3.63, 3.8) is 0 Å². The lowest BCUT2D eigenvalue weighted by Crippen LogP contribution is -2.33. The molecule has 2 amide bonds. The molecule has 4 aromatic rings. The van der Waals surface area contributed by atoms with E-state index in [0.29, 0.717) is 17.5 Å². The van der Waals surface area contributed by atoms with Gasteiger partial charge < -0.3 is 15.1 Å². The van der Waals surface area contributed by atoms with Crippen LogP contribution in [0.5, 0.6) is 0 Å². The first-order chi connectivity index (χ1) is 14.7. The number of nitrogens with one attached hydrogen (secondary N) is 2. The van der Waals surface area contributed by atoms with Crippen LogP contribution in [-0.4, -0.2) is 22.5 Å². The Bertz CT molecular complexity index is 1120. The summed E-state index contributed by atoms with van der Waals surface area (Å²) in [5, 5.41) is 14.2. The van der Waals surface area contributed by atoms with Crippen molar-refractivity contribution in [3.05, 3.63) is 96.4 Å². The lowest BCUT2D eigenvalue weighted by Gasteiger charge is -2.16. The third-order valence-electron chi connectivity index (χ3n) is 4.44. The topological polar surface area (TPSA) is 80.0 Å². The Hall–Kier alpha value is -3.58. The zero-order chi connectivity index (χ0) is 20.8. The second-order valence-corrected chi connectivity index (χ2v) is 7.37. The van der Waals surface area contributed by atoms with Crippen LogP contribution >= 0.6 is 11.8 Å². The van der Waals surface area contributed by atoms with Gasteiger partial charge in [-0.05, 0) is 42.2 Å². The Balaban J connectivity index is 1.58. The van der Waals surface area contributed by atoms with Gasteiger partial charge in [-0.1, -0.05) is 54.6 Å². The van der Waals surface area contributed by atoms with Crippen LogP contribution in [0.1, 0.15) is 17.5 Å². The highest BCUT2D eigenvalue weighted by Crippen LogP contribution is 2.25. The van der Waals surface area contributed by atoms with E-state index in [0.717, 1.165) is 16.0 Å². The molecule has 0 aliphatic carbocycles. The van der Waals surface area contributed by atoms with Gasteiger partial charge in [-0.15, -0.1) is 22.0 Å². The second-order valence-electron chi connectivity index (χ2n) is 6.49. The van der Waals surface area contributed by atoms with Crippen LogP contribution in [0.25, 0.3) is 11.5 Å².